The molecular weight excluding hydrogens is 343 g/mol. The van der Waals surface area contributed by atoms with E-state index >= 15 is 0 Å². The number of rotatable bonds is 6. The molecule has 0 unspecified atom stereocenters. The zero-order valence-corrected chi connectivity index (χ0v) is 16.1. The molecule has 27 heavy (non-hydrogen) atoms. The molecular formula is C21H27FN4O. The zero-order valence-electron chi connectivity index (χ0n) is 16.1. The number of ether oxygens (including phenoxy) is 1. The minimum Gasteiger partial charge on any atom is -0.494 e. The fraction of sp³-hybridized carbons (Fsp3) is 0.524. The second-order valence-electron chi connectivity index (χ2n) is 7.63. The number of hydrogen-bond acceptors (Lipinski definition) is 5. The van der Waals surface area contributed by atoms with Crippen LogP contribution in [0.4, 0.5) is 10.2 Å². The SMILES string of the molecule is COc1ccc(CN2CCC(N(C)c3ccnc(C4CC4)n3)CC2)cc1F. The molecule has 2 heterocycles. The lowest BCUT2D eigenvalue weighted by molar-refractivity contribution is 0.203. The molecule has 0 radical (unpaired) electrons. The first-order valence-electron chi connectivity index (χ1n) is 9.74. The molecule has 0 bridgehead atoms. The summed E-state index contributed by atoms with van der Waals surface area (Å²) in [6.45, 7) is 2.78. The summed E-state index contributed by atoms with van der Waals surface area (Å²) in [4.78, 5) is 13.9. The molecule has 1 aliphatic heterocycles. The van der Waals surface area contributed by atoms with Crippen LogP contribution < -0.4 is 9.64 Å². The molecule has 5 nitrogen and oxygen atoms in total. The van der Waals surface area contributed by atoms with E-state index in [-0.39, 0.29) is 5.82 Å². The largest absolute Gasteiger partial charge is 0.494 e. The molecule has 1 aliphatic carbocycles. The summed E-state index contributed by atoms with van der Waals surface area (Å²) in [6, 6.07) is 7.73. The lowest BCUT2D eigenvalue weighted by Crippen LogP contribution is -2.43. The second kappa shape index (κ2) is 7.80. The predicted octanol–water partition coefficient (Wildman–Crippen LogP) is 3.60. The van der Waals surface area contributed by atoms with Crippen molar-refractivity contribution < 1.29 is 9.13 Å². The molecule has 2 fully saturated rings. The molecule has 0 N–H and O–H groups in total. The Morgan fingerprint density at radius 3 is 2.63 bits per heavy atom. The number of nitrogens with zero attached hydrogens (tertiary/aromatic N) is 4. The van der Waals surface area contributed by atoms with Crippen LogP contribution in [0.1, 0.15) is 43.0 Å². The molecule has 0 spiro atoms. The van der Waals surface area contributed by atoms with Gasteiger partial charge in [-0.2, -0.15) is 0 Å². The van der Waals surface area contributed by atoms with Gasteiger partial charge in [0, 0.05) is 44.8 Å². The minimum absolute atomic E-state index is 0.292. The lowest BCUT2D eigenvalue weighted by atomic mass is 10.0. The maximum absolute atomic E-state index is 13.9. The molecule has 1 aromatic heterocycles. The van der Waals surface area contributed by atoms with Gasteiger partial charge in [-0.3, -0.25) is 4.90 Å². The van der Waals surface area contributed by atoms with Crippen LogP contribution in [0.3, 0.4) is 0 Å². The quantitative estimate of drug-likeness (QED) is 0.777. The molecule has 144 valence electrons. The lowest BCUT2D eigenvalue weighted by Gasteiger charge is -2.37. The van der Waals surface area contributed by atoms with Gasteiger partial charge in [-0.05, 0) is 49.4 Å². The molecule has 2 aromatic rings. The summed E-state index contributed by atoms with van der Waals surface area (Å²) in [5, 5.41) is 0. The van der Waals surface area contributed by atoms with Crippen LogP contribution in [0.15, 0.2) is 30.5 Å². The first-order chi connectivity index (χ1) is 13.1. The number of likely N-dealkylation sites (tertiary alicyclic amines) is 1. The van der Waals surface area contributed by atoms with E-state index in [0.717, 1.165) is 49.7 Å². The molecule has 1 aromatic carbocycles. The number of anilines is 1. The van der Waals surface area contributed by atoms with Gasteiger partial charge in [0.05, 0.1) is 7.11 Å². The third-order valence-corrected chi connectivity index (χ3v) is 5.69. The van der Waals surface area contributed by atoms with Gasteiger partial charge in [-0.1, -0.05) is 6.07 Å². The normalized spacial score (nSPS) is 18.5. The van der Waals surface area contributed by atoms with Gasteiger partial charge in [0.15, 0.2) is 11.6 Å². The average molecular weight is 370 g/mol. The van der Waals surface area contributed by atoms with Crippen molar-refractivity contribution in [1.82, 2.24) is 14.9 Å². The van der Waals surface area contributed by atoms with Crippen molar-refractivity contribution in [3.05, 3.63) is 47.7 Å². The van der Waals surface area contributed by atoms with Crippen LogP contribution in [0.5, 0.6) is 5.75 Å². The Balaban J connectivity index is 1.33. The first-order valence-corrected chi connectivity index (χ1v) is 9.74. The Labute approximate surface area is 160 Å². The van der Waals surface area contributed by atoms with E-state index in [0.29, 0.717) is 17.7 Å². The van der Waals surface area contributed by atoms with Gasteiger partial charge in [0.25, 0.3) is 0 Å². The van der Waals surface area contributed by atoms with Gasteiger partial charge in [0.1, 0.15) is 11.6 Å². The summed E-state index contributed by atoms with van der Waals surface area (Å²) in [6.07, 6.45) is 6.49. The van der Waals surface area contributed by atoms with E-state index in [1.807, 2.05) is 18.3 Å². The van der Waals surface area contributed by atoms with Gasteiger partial charge < -0.3 is 9.64 Å². The Morgan fingerprint density at radius 1 is 1.19 bits per heavy atom. The Bertz CT molecular complexity index is 788. The second-order valence-corrected chi connectivity index (χ2v) is 7.63. The molecule has 4 rings (SSSR count). The van der Waals surface area contributed by atoms with Crippen LogP contribution >= 0.6 is 0 Å². The van der Waals surface area contributed by atoms with Crippen molar-refractivity contribution in [2.45, 2.75) is 44.2 Å². The van der Waals surface area contributed by atoms with Crippen molar-refractivity contribution in [1.29, 1.82) is 0 Å². The smallest absolute Gasteiger partial charge is 0.165 e. The molecule has 1 saturated heterocycles. The number of benzene rings is 1. The Hall–Kier alpha value is -2.21. The summed E-state index contributed by atoms with van der Waals surface area (Å²) >= 11 is 0. The number of halogens is 1. The number of piperidine rings is 1. The van der Waals surface area contributed by atoms with Crippen LogP contribution in [-0.4, -0.2) is 48.2 Å². The highest BCUT2D eigenvalue weighted by Crippen LogP contribution is 2.38. The highest BCUT2D eigenvalue weighted by Gasteiger charge is 2.28. The zero-order chi connectivity index (χ0) is 18.8. The van der Waals surface area contributed by atoms with Gasteiger partial charge in [-0.25, -0.2) is 14.4 Å². The fourth-order valence-corrected chi connectivity index (χ4v) is 3.82. The summed E-state index contributed by atoms with van der Waals surface area (Å²) in [5.41, 5.74) is 0.991. The van der Waals surface area contributed by atoms with Crippen LogP contribution in [0.25, 0.3) is 0 Å². The first kappa shape index (κ1) is 18.2. The van der Waals surface area contributed by atoms with Crippen LogP contribution in [0.2, 0.25) is 0 Å². The number of methoxy groups -OCH3 is 1. The fourth-order valence-electron chi connectivity index (χ4n) is 3.82. The van der Waals surface area contributed by atoms with Crippen LogP contribution in [0, 0.1) is 5.82 Å². The predicted molar refractivity (Wildman–Crippen MR) is 104 cm³/mol. The van der Waals surface area contributed by atoms with E-state index in [2.05, 4.69) is 21.8 Å². The molecule has 0 atom stereocenters. The monoisotopic (exact) mass is 370 g/mol. The molecule has 1 saturated carbocycles. The van der Waals surface area contributed by atoms with E-state index in [1.165, 1.54) is 20.0 Å². The van der Waals surface area contributed by atoms with Crippen LogP contribution in [-0.2, 0) is 6.54 Å². The number of hydrogen-bond donors (Lipinski definition) is 0. The number of aromatic nitrogens is 2. The molecule has 6 heteroatoms. The van der Waals surface area contributed by atoms with Gasteiger partial charge in [-0.15, -0.1) is 0 Å². The Morgan fingerprint density at radius 2 is 1.96 bits per heavy atom. The average Bonchev–Trinajstić information content (AvgIpc) is 3.54. The minimum atomic E-state index is -0.292. The van der Waals surface area contributed by atoms with Crippen molar-refractivity contribution in [3.8, 4) is 5.75 Å². The molecule has 2 aliphatic rings. The topological polar surface area (TPSA) is 41.5 Å². The van der Waals surface area contributed by atoms with E-state index < -0.39 is 0 Å². The maximum Gasteiger partial charge on any atom is 0.165 e. The summed E-state index contributed by atoms with van der Waals surface area (Å²) in [7, 11) is 3.63. The molecule has 0 amide bonds. The van der Waals surface area contributed by atoms with E-state index in [9.17, 15) is 4.39 Å². The van der Waals surface area contributed by atoms with Crippen molar-refractivity contribution in [3.63, 3.8) is 0 Å². The van der Waals surface area contributed by atoms with Crippen molar-refractivity contribution in [2.24, 2.45) is 0 Å². The Kier molecular flexibility index (Phi) is 5.25. The highest BCUT2D eigenvalue weighted by molar-refractivity contribution is 5.38. The van der Waals surface area contributed by atoms with Crippen molar-refractivity contribution in [2.75, 3.05) is 32.1 Å². The maximum atomic E-state index is 13.9. The van der Waals surface area contributed by atoms with E-state index in [1.54, 1.807) is 12.1 Å². The highest BCUT2D eigenvalue weighted by atomic mass is 19.1. The standard InChI is InChI=1S/C21H27FN4O/c1-25(20-7-10-23-21(24-20)16-4-5-16)17-8-11-26(12-9-17)14-15-3-6-19(27-2)18(22)13-15/h3,6-7,10,13,16-17H,4-5,8-9,11-12,14H2,1-2H3. The van der Waals surface area contributed by atoms with E-state index in [4.69, 9.17) is 9.72 Å². The van der Waals surface area contributed by atoms with Gasteiger partial charge in [0.2, 0.25) is 0 Å². The third-order valence-electron chi connectivity index (χ3n) is 5.69. The third kappa shape index (κ3) is 4.21. The summed E-state index contributed by atoms with van der Waals surface area (Å²) in [5.74, 6) is 2.61. The van der Waals surface area contributed by atoms with Gasteiger partial charge >= 0.3 is 0 Å². The van der Waals surface area contributed by atoms with Crippen molar-refractivity contribution >= 4 is 5.82 Å². The summed E-state index contributed by atoms with van der Waals surface area (Å²) < 4.78 is 18.9.